The Kier molecular flexibility index (Phi) is 4.40. The SMILES string of the molecule is CN(CCCc1ccccc1)[C@@H]1CCS(=O)(=O)C1. The monoisotopic (exact) mass is 267 g/mol. The summed E-state index contributed by atoms with van der Waals surface area (Å²) in [4.78, 5) is 2.20. The molecule has 0 saturated carbocycles. The second-order valence-corrected chi connectivity index (χ2v) is 7.36. The molecule has 0 N–H and O–H groups in total. The van der Waals surface area contributed by atoms with E-state index in [1.807, 2.05) is 13.1 Å². The number of aryl methyl sites for hydroxylation is 1. The Bertz CT molecular complexity index is 470. The number of benzene rings is 1. The lowest BCUT2D eigenvalue weighted by atomic mass is 10.1. The van der Waals surface area contributed by atoms with E-state index in [-0.39, 0.29) is 6.04 Å². The van der Waals surface area contributed by atoms with Crippen LogP contribution in [0.3, 0.4) is 0 Å². The summed E-state index contributed by atoms with van der Waals surface area (Å²) >= 11 is 0. The molecule has 2 rings (SSSR count). The zero-order chi connectivity index (χ0) is 13.0. The van der Waals surface area contributed by atoms with Crippen LogP contribution in [0.25, 0.3) is 0 Å². The number of sulfone groups is 1. The van der Waals surface area contributed by atoms with Gasteiger partial charge in [0.15, 0.2) is 9.84 Å². The summed E-state index contributed by atoms with van der Waals surface area (Å²) < 4.78 is 22.8. The van der Waals surface area contributed by atoms with Crippen molar-refractivity contribution in [1.82, 2.24) is 4.90 Å². The molecule has 0 spiro atoms. The summed E-state index contributed by atoms with van der Waals surface area (Å²) in [6, 6.07) is 10.6. The summed E-state index contributed by atoms with van der Waals surface area (Å²) in [5, 5.41) is 0. The van der Waals surface area contributed by atoms with Gasteiger partial charge in [0.25, 0.3) is 0 Å². The van der Waals surface area contributed by atoms with Gasteiger partial charge in [-0.2, -0.15) is 0 Å². The molecule has 18 heavy (non-hydrogen) atoms. The molecular formula is C14H21NO2S. The van der Waals surface area contributed by atoms with Crippen molar-refractivity contribution in [2.75, 3.05) is 25.1 Å². The van der Waals surface area contributed by atoms with Gasteiger partial charge in [0.05, 0.1) is 11.5 Å². The maximum atomic E-state index is 11.4. The van der Waals surface area contributed by atoms with E-state index >= 15 is 0 Å². The molecule has 1 aromatic carbocycles. The first kappa shape index (κ1) is 13.6. The molecule has 0 amide bonds. The van der Waals surface area contributed by atoms with Crippen LogP contribution < -0.4 is 0 Å². The van der Waals surface area contributed by atoms with E-state index < -0.39 is 9.84 Å². The summed E-state index contributed by atoms with van der Waals surface area (Å²) in [6.45, 7) is 0.967. The van der Waals surface area contributed by atoms with Crippen LogP contribution in [0.2, 0.25) is 0 Å². The van der Waals surface area contributed by atoms with E-state index in [0.717, 1.165) is 25.8 Å². The number of hydrogen-bond acceptors (Lipinski definition) is 3. The van der Waals surface area contributed by atoms with E-state index in [2.05, 4.69) is 29.2 Å². The van der Waals surface area contributed by atoms with Gasteiger partial charge in [-0.05, 0) is 38.4 Å². The molecule has 4 heteroatoms. The number of hydrogen-bond donors (Lipinski definition) is 0. The third-order valence-electron chi connectivity index (χ3n) is 3.65. The van der Waals surface area contributed by atoms with Gasteiger partial charge in [-0.3, -0.25) is 0 Å². The van der Waals surface area contributed by atoms with Gasteiger partial charge < -0.3 is 4.90 Å². The second kappa shape index (κ2) is 5.85. The zero-order valence-corrected chi connectivity index (χ0v) is 11.7. The first-order valence-corrected chi connectivity index (χ1v) is 8.33. The lowest BCUT2D eigenvalue weighted by molar-refractivity contribution is 0.259. The first-order valence-electron chi connectivity index (χ1n) is 6.51. The normalized spacial score (nSPS) is 22.4. The lowest BCUT2D eigenvalue weighted by Crippen LogP contribution is -2.33. The second-order valence-electron chi connectivity index (χ2n) is 5.13. The molecule has 1 fully saturated rings. The predicted octanol–water partition coefficient (Wildman–Crippen LogP) is 1.74. The maximum Gasteiger partial charge on any atom is 0.151 e. The molecule has 3 nitrogen and oxygen atoms in total. The molecule has 0 bridgehead atoms. The predicted molar refractivity (Wildman–Crippen MR) is 74.5 cm³/mol. The zero-order valence-electron chi connectivity index (χ0n) is 10.9. The Morgan fingerprint density at radius 1 is 1.28 bits per heavy atom. The number of nitrogens with zero attached hydrogens (tertiary/aromatic N) is 1. The topological polar surface area (TPSA) is 37.4 Å². The molecule has 1 heterocycles. The van der Waals surface area contributed by atoms with E-state index in [0.29, 0.717) is 11.5 Å². The van der Waals surface area contributed by atoms with Crippen molar-refractivity contribution in [2.24, 2.45) is 0 Å². The molecule has 1 atom stereocenters. The van der Waals surface area contributed by atoms with Crippen molar-refractivity contribution in [1.29, 1.82) is 0 Å². The van der Waals surface area contributed by atoms with Crippen LogP contribution in [0.15, 0.2) is 30.3 Å². The molecule has 0 aromatic heterocycles. The summed E-state index contributed by atoms with van der Waals surface area (Å²) in [5.74, 6) is 0.704. The fourth-order valence-corrected chi connectivity index (χ4v) is 4.29. The van der Waals surface area contributed by atoms with Crippen LogP contribution in [0.1, 0.15) is 18.4 Å². The van der Waals surface area contributed by atoms with Gasteiger partial charge in [-0.15, -0.1) is 0 Å². The smallest absolute Gasteiger partial charge is 0.151 e. The largest absolute Gasteiger partial charge is 0.302 e. The molecule has 0 unspecified atom stereocenters. The molecule has 1 aliphatic rings. The third-order valence-corrected chi connectivity index (χ3v) is 5.40. The van der Waals surface area contributed by atoms with Crippen molar-refractivity contribution in [2.45, 2.75) is 25.3 Å². The van der Waals surface area contributed by atoms with Crippen molar-refractivity contribution < 1.29 is 8.42 Å². The van der Waals surface area contributed by atoms with E-state index in [1.165, 1.54) is 5.56 Å². The summed E-state index contributed by atoms with van der Waals surface area (Å²) in [7, 11) is -0.721. The quantitative estimate of drug-likeness (QED) is 0.815. The standard InChI is InChI=1S/C14H21NO2S/c1-15(14-9-11-18(16,17)12-14)10-5-8-13-6-3-2-4-7-13/h2-4,6-7,14H,5,8-12H2,1H3/t14-/m1/s1. The van der Waals surface area contributed by atoms with Gasteiger partial charge in [-0.25, -0.2) is 8.42 Å². The Morgan fingerprint density at radius 3 is 2.61 bits per heavy atom. The Balaban J connectivity index is 1.74. The van der Waals surface area contributed by atoms with Crippen LogP contribution in [0.4, 0.5) is 0 Å². The maximum absolute atomic E-state index is 11.4. The highest BCUT2D eigenvalue weighted by Crippen LogP contribution is 2.16. The van der Waals surface area contributed by atoms with Crippen LogP contribution in [0, 0.1) is 0 Å². The first-order chi connectivity index (χ1) is 8.57. The van der Waals surface area contributed by atoms with E-state index in [4.69, 9.17) is 0 Å². The highest BCUT2D eigenvalue weighted by Gasteiger charge is 2.30. The van der Waals surface area contributed by atoms with Crippen LogP contribution >= 0.6 is 0 Å². The minimum absolute atomic E-state index is 0.228. The van der Waals surface area contributed by atoms with Gasteiger partial charge in [0.2, 0.25) is 0 Å². The summed E-state index contributed by atoms with van der Waals surface area (Å²) in [5.41, 5.74) is 1.35. The molecule has 1 saturated heterocycles. The van der Waals surface area contributed by atoms with Gasteiger partial charge in [0.1, 0.15) is 0 Å². The molecular weight excluding hydrogens is 246 g/mol. The van der Waals surface area contributed by atoms with E-state index in [9.17, 15) is 8.42 Å². The molecule has 0 aliphatic carbocycles. The fraction of sp³-hybridized carbons (Fsp3) is 0.571. The Hall–Kier alpha value is -0.870. The molecule has 100 valence electrons. The minimum atomic E-state index is -2.76. The highest BCUT2D eigenvalue weighted by atomic mass is 32.2. The highest BCUT2D eigenvalue weighted by molar-refractivity contribution is 7.91. The van der Waals surface area contributed by atoms with Gasteiger partial charge in [0, 0.05) is 6.04 Å². The molecule has 1 aliphatic heterocycles. The Labute approximate surface area is 110 Å². The average Bonchev–Trinajstić information content (AvgIpc) is 2.71. The van der Waals surface area contributed by atoms with Crippen LogP contribution in [-0.4, -0.2) is 44.5 Å². The number of rotatable bonds is 5. The average molecular weight is 267 g/mol. The minimum Gasteiger partial charge on any atom is -0.302 e. The van der Waals surface area contributed by atoms with Gasteiger partial charge in [-0.1, -0.05) is 30.3 Å². The van der Waals surface area contributed by atoms with Crippen molar-refractivity contribution in [3.05, 3.63) is 35.9 Å². The van der Waals surface area contributed by atoms with Crippen LogP contribution in [-0.2, 0) is 16.3 Å². The van der Waals surface area contributed by atoms with Crippen molar-refractivity contribution in [3.8, 4) is 0 Å². The Morgan fingerprint density at radius 2 is 2.00 bits per heavy atom. The van der Waals surface area contributed by atoms with E-state index in [1.54, 1.807) is 0 Å². The van der Waals surface area contributed by atoms with Crippen LogP contribution in [0.5, 0.6) is 0 Å². The lowest BCUT2D eigenvalue weighted by Gasteiger charge is -2.22. The third kappa shape index (κ3) is 3.82. The van der Waals surface area contributed by atoms with Crippen molar-refractivity contribution in [3.63, 3.8) is 0 Å². The molecule has 0 radical (unpaired) electrons. The van der Waals surface area contributed by atoms with Crippen molar-refractivity contribution >= 4 is 9.84 Å². The fourth-order valence-electron chi connectivity index (χ4n) is 2.48. The van der Waals surface area contributed by atoms with Gasteiger partial charge >= 0.3 is 0 Å². The summed E-state index contributed by atoms with van der Waals surface area (Å²) in [6.07, 6.45) is 2.94. The molecule has 1 aromatic rings.